The Balaban J connectivity index is 0.00000198. The van der Waals surface area contributed by atoms with Crippen LogP contribution in [-0.2, 0) is 17.1 Å². The second-order valence-electron chi connectivity index (χ2n) is 21.4. The third-order valence-electron chi connectivity index (χ3n) is 17.0. The third-order valence-corrected chi connectivity index (χ3v) is 17.0. The van der Waals surface area contributed by atoms with Gasteiger partial charge in [0.1, 0.15) is 0 Å². The van der Waals surface area contributed by atoms with E-state index in [-0.39, 0.29) is 54.3 Å². The standard InChI is InChI=1S/C58H81N3.3ClH.Fe/c1-40-34-55(41(2)59-57-51(45-26-14-6-15-27-45)36-49(43-22-10-4-11-23-43)37-52(57)46-28-16-7-17-29-46)61-56(35-40)42(3)60-58-53(47-30-18-8-19-31-47)38-50(44-24-12-5-13-25-44)39-54(58)48-32-20-9-21-33-48;;;;/h34-39,43-48H,4-33H2,1-3H3;3*1H;/q;;;;+3/p-3. The molecule has 7 heteroatoms. The van der Waals surface area contributed by atoms with Gasteiger partial charge in [-0.2, -0.15) is 0 Å². The van der Waals surface area contributed by atoms with Crippen molar-refractivity contribution in [2.75, 3.05) is 0 Å². The maximum atomic E-state index is 5.81. The summed E-state index contributed by atoms with van der Waals surface area (Å²) in [5, 5.41) is 0. The van der Waals surface area contributed by atoms with Crippen molar-refractivity contribution in [3.8, 4) is 0 Å². The Morgan fingerprint density at radius 3 is 0.846 bits per heavy atom. The number of hydrogen-bond acceptors (Lipinski definition) is 3. The van der Waals surface area contributed by atoms with Crippen molar-refractivity contribution in [1.29, 1.82) is 0 Å². The summed E-state index contributed by atoms with van der Waals surface area (Å²) in [6.07, 6.45) is 40.7. The molecule has 0 bridgehead atoms. The molecule has 2 aromatic carbocycles. The van der Waals surface area contributed by atoms with Crippen LogP contribution in [0.3, 0.4) is 0 Å². The number of aliphatic imine (C=N–C) groups is 2. The number of aryl methyl sites for hydroxylation is 1. The van der Waals surface area contributed by atoms with E-state index in [1.165, 1.54) is 210 Å². The summed E-state index contributed by atoms with van der Waals surface area (Å²) < 4.78 is 0. The van der Waals surface area contributed by atoms with Crippen LogP contribution in [0.25, 0.3) is 0 Å². The van der Waals surface area contributed by atoms with Crippen LogP contribution in [0.1, 0.15) is 292 Å². The van der Waals surface area contributed by atoms with Crippen molar-refractivity contribution in [2.24, 2.45) is 9.98 Å². The van der Waals surface area contributed by atoms with Gasteiger partial charge in [0.15, 0.2) is 0 Å². The molecule has 0 atom stereocenters. The molecule has 9 rings (SSSR count). The molecule has 3 aromatic rings. The zero-order valence-electron chi connectivity index (χ0n) is 40.5. The first-order chi connectivity index (χ1) is 30.0. The molecule has 1 radical (unpaired) electrons. The zero-order chi connectivity index (χ0) is 41.5. The number of pyridine rings is 1. The molecule has 1 aromatic heterocycles. The van der Waals surface area contributed by atoms with E-state index in [1.807, 2.05) is 0 Å². The molecule has 6 fully saturated rings. The minimum atomic E-state index is 0. The van der Waals surface area contributed by atoms with Gasteiger partial charge in [0, 0.05) is 0 Å². The molecule has 1 heterocycles. The second kappa shape index (κ2) is 26.3. The Kier molecular flexibility index (Phi) is 22.0. The van der Waals surface area contributed by atoms with Crippen LogP contribution in [0.15, 0.2) is 46.4 Å². The van der Waals surface area contributed by atoms with E-state index in [0.717, 1.165) is 34.6 Å². The maximum absolute atomic E-state index is 5.81. The molecule has 0 N–H and O–H groups in total. The summed E-state index contributed by atoms with van der Waals surface area (Å²) in [5.74, 6) is 3.96. The van der Waals surface area contributed by atoms with Gasteiger partial charge in [-0.3, -0.25) is 9.98 Å². The van der Waals surface area contributed by atoms with Crippen molar-refractivity contribution < 1.29 is 54.3 Å². The van der Waals surface area contributed by atoms with Crippen LogP contribution in [0, 0.1) is 6.92 Å². The van der Waals surface area contributed by atoms with Gasteiger partial charge in [0.05, 0.1) is 34.2 Å². The van der Waals surface area contributed by atoms with Crippen LogP contribution in [0.5, 0.6) is 0 Å². The molecular weight excluding hydrogens is 901 g/mol. The van der Waals surface area contributed by atoms with Gasteiger partial charge in [0.25, 0.3) is 0 Å². The first-order valence-corrected chi connectivity index (χ1v) is 26.4. The summed E-state index contributed by atoms with van der Waals surface area (Å²) in [5.41, 5.74) is 17.7. The molecule has 0 spiro atoms. The van der Waals surface area contributed by atoms with E-state index in [4.69, 9.17) is 15.0 Å². The molecule has 6 aliphatic rings. The van der Waals surface area contributed by atoms with E-state index in [0.29, 0.717) is 23.7 Å². The van der Waals surface area contributed by atoms with E-state index in [9.17, 15) is 0 Å². The predicted molar refractivity (Wildman–Crippen MR) is 261 cm³/mol. The Morgan fingerprint density at radius 1 is 0.369 bits per heavy atom. The smallest absolute Gasteiger partial charge is 1.00 e. The van der Waals surface area contributed by atoms with Crippen LogP contribution < -0.4 is 37.2 Å². The van der Waals surface area contributed by atoms with Gasteiger partial charge in [-0.25, -0.2) is 4.98 Å². The minimum absolute atomic E-state index is 0. The SMILES string of the molecule is CC(=Nc1c(C2CCCCC2)cc(C2CCCCC2)cc1C1CCCCC1)c1cc(C)cc(C(C)=Nc2c(C3CCCCC3)cc(C3CCCCC3)cc2C2CCCCC2)n1.[Cl-].[Cl-].[Cl-].[Fe+3]. The second-order valence-corrected chi connectivity index (χ2v) is 21.4. The van der Waals surface area contributed by atoms with Crippen LogP contribution in [-0.4, -0.2) is 16.4 Å². The summed E-state index contributed by atoms with van der Waals surface area (Å²) in [4.78, 5) is 17.1. The summed E-state index contributed by atoms with van der Waals surface area (Å²) in [6, 6.07) is 15.3. The van der Waals surface area contributed by atoms with Crippen LogP contribution in [0.4, 0.5) is 11.4 Å². The fourth-order valence-electron chi connectivity index (χ4n) is 13.4. The van der Waals surface area contributed by atoms with Crippen molar-refractivity contribution in [3.05, 3.63) is 86.7 Å². The molecule has 0 amide bonds. The first kappa shape index (κ1) is 54.3. The molecule has 65 heavy (non-hydrogen) atoms. The average Bonchev–Trinajstić information content (AvgIpc) is 3.33. The van der Waals surface area contributed by atoms with Gasteiger partial charge in [0.2, 0.25) is 0 Å². The summed E-state index contributed by atoms with van der Waals surface area (Å²) in [6.45, 7) is 6.78. The number of benzene rings is 2. The Labute approximate surface area is 425 Å². The summed E-state index contributed by atoms with van der Waals surface area (Å²) in [7, 11) is 0. The third kappa shape index (κ3) is 13.4. The fourth-order valence-corrected chi connectivity index (χ4v) is 13.4. The monoisotopic (exact) mass is 980 g/mol. The summed E-state index contributed by atoms with van der Waals surface area (Å²) >= 11 is 0. The average molecular weight is 983 g/mol. The number of aromatic nitrogens is 1. The van der Waals surface area contributed by atoms with Gasteiger partial charge >= 0.3 is 17.1 Å². The van der Waals surface area contributed by atoms with Gasteiger partial charge < -0.3 is 37.2 Å². The van der Waals surface area contributed by atoms with Crippen LogP contribution in [0.2, 0.25) is 0 Å². The molecule has 0 aliphatic heterocycles. The predicted octanol–water partition coefficient (Wildman–Crippen LogP) is 8.97. The molecular formula is C58H81Cl3FeN3. The fraction of sp³-hybridized carbons (Fsp3) is 0.672. The number of nitrogens with zero attached hydrogens (tertiary/aromatic N) is 3. The molecule has 0 saturated heterocycles. The van der Waals surface area contributed by atoms with Gasteiger partial charge in [-0.15, -0.1) is 0 Å². The number of rotatable bonds is 10. The molecule has 3 nitrogen and oxygen atoms in total. The normalized spacial score (nSPS) is 21.7. The van der Waals surface area contributed by atoms with Crippen LogP contribution >= 0.6 is 0 Å². The van der Waals surface area contributed by atoms with Crippen molar-refractivity contribution in [3.63, 3.8) is 0 Å². The van der Waals surface area contributed by atoms with E-state index in [2.05, 4.69) is 57.2 Å². The van der Waals surface area contributed by atoms with Crippen molar-refractivity contribution in [1.82, 2.24) is 4.98 Å². The Hall–Kier alpha value is -1.68. The Morgan fingerprint density at radius 2 is 0.600 bits per heavy atom. The number of hydrogen-bond donors (Lipinski definition) is 0. The topological polar surface area (TPSA) is 37.6 Å². The van der Waals surface area contributed by atoms with Crippen molar-refractivity contribution in [2.45, 2.75) is 249 Å². The molecule has 6 aliphatic carbocycles. The van der Waals surface area contributed by atoms with E-state index in [1.54, 1.807) is 33.4 Å². The number of halogens is 3. The minimum Gasteiger partial charge on any atom is -1.00 e. The molecule has 6 saturated carbocycles. The Bertz CT molecular complexity index is 1790. The maximum Gasteiger partial charge on any atom is 3.00 e. The van der Waals surface area contributed by atoms with Crippen molar-refractivity contribution >= 4 is 22.8 Å². The molecule has 0 unspecified atom stereocenters. The largest absolute Gasteiger partial charge is 3.00 e. The van der Waals surface area contributed by atoms with E-state index < -0.39 is 0 Å². The quantitative estimate of drug-likeness (QED) is 0.148. The van der Waals surface area contributed by atoms with E-state index >= 15 is 0 Å². The van der Waals surface area contributed by atoms with Gasteiger partial charge in [-0.05, 0) is 184 Å². The molecule has 357 valence electrons. The first-order valence-electron chi connectivity index (χ1n) is 26.4. The van der Waals surface area contributed by atoms with Gasteiger partial charge in [-0.1, -0.05) is 140 Å². The zero-order valence-corrected chi connectivity index (χ0v) is 43.8.